The number of nitrogens with zero attached hydrogens (tertiary/aromatic N) is 2. The van der Waals surface area contributed by atoms with E-state index in [4.69, 9.17) is 9.15 Å². The second-order valence-corrected chi connectivity index (χ2v) is 7.81. The molecule has 31 heavy (non-hydrogen) atoms. The summed E-state index contributed by atoms with van der Waals surface area (Å²) in [6.07, 6.45) is 1.33. The maximum Gasteiger partial charge on any atom is 0.336 e. The van der Waals surface area contributed by atoms with Crippen LogP contribution in [0.5, 0.6) is 0 Å². The highest BCUT2D eigenvalue weighted by atomic mass is 16.5. The molecule has 0 radical (unpaired) electrons. The number of aryl methyl sites for hydroxylation is 1. The summed E-state index contributed by atoms with van der Waals surface area (Å²) in [5.41, 5.74) is 2.91. The average molecular weight is 418 g/mol. The normalized spacial score (nSPS) is 11.4. The molecule has 0 fully saturated rings. The van der Waals surface area contributed by atoms with Crippen LogP contribution in [0.4, 0.5) is 0 Å². The molecule has 2 aromatic carbocycles. The molecule has 0 atom stereocenters. The van der Waals surface area contributed by atoms with Gasteiger partial charge in [-0.2, -0.15) is 0 Å². The Bertz CT molecular complexity index is 1420. The minimum absolute atomic E-state index is 0.0999. The second kappa shape index (κ2) is 8.18. The van der Waals surface area contributed by atoms with Gasteiger partial charge >= 0.3 is 11.6 Å². The van der Waals surface area contributed by atoms with E-state index in [0.29, 0.717) is 28.0 Å². The van der Waals surface area contributed by atoms with Crippen molar-refractivity contribution in [3.63, 3.8) is 0 Å². The Balaban J connectivity index is 1.58. The standard InChI is InChI=1S/C24H22N2O5/c1-14(2)18-10-19-16(9-22(27)31-21(19)8-15(18)3)12-30-23(28)11-26-13-25-20-7-5-4-6-17(20)24(26)29/h4-10,13-14H,11-12H2,1-3H3. The number of ether oxygens (including phenoxy) is 1. The lowest BCUT2D eigenvalue weighted by Crippen LogP contribution is -2.25. The van der Waals surface area contributed by atoms with E-state index < -0.39 is 11.6 Å². The summed E-state index contributed by atoms with van der Waals surface area (Å²) >= 11 is 0. The van der Waals surface area contributed by atoms with Crippen molar-refractivity contribution in [1.82, 2.24) is 9.55 Å². The van der Waals surface area contributed by atoms with Crippen LogP contribution in [0.25, 0.3) is 21.9 Å². The van der Waals surface area contributed by atoms with Crippen molar-refractivity contribution in [1.29, 1.82) is 0 Å². The number of carbonyl (C=O) groups excluding carboxylic acids is 1. The molecule has 2 heterocycles. The number of fused-ring (bicyclic) bond motifs is 2. The molecule has 0 N–H and O–H groups in total. The van der Waals surface area contributed by atoms with Gasteiger partial charge < -0.3 is 9.15 Å². The van der Waals surface area contributed by atoms with Crippen LogP contribution in [0, 0.1) is 6.92 Å². The third-order valence-electron chi connectivity index (χ3n) is 5.26. The third kappa shape index (κ3) is 4.12. The lowest BCUT2D eigenvalue weighted by molar-refractivity contribution is -0.145. The molecule has 2 aromatic heterocycles. The summed E-state index contributed by atoms with van der Waals surface area (Å²) < 4.78 is 11.9. The van der Waals surface area contributed by atoms with Crippen LogP contribution >= 0.6 is 0 Å². The highest BCUT2D eigenvalue weighted by molar-refractivity contribution is 5.82. The van der Waals surface area contributed by atoms with Gasteiger partial charge in [-0.1, -0.05) is 26.0 Å². The summed E-state index contributed by atoms with van der Waals surface area (Å²) in [5, 5.41) is 1.16. The molecule has 0 aliphatic carbocycles. The molecule has 0 aliphatic heterocycles. The topological polar surface area (TPSA) is 91.4 Å². The maximum atomic E-state index is 12.6. The van der Waals surface area contributed by atoms with Crippen LogP contribution in [-0.4, -0.2) is 15.5 Å². The molecular weight excluding hydrogens is 396 g/mol. The Morgan fingerprint density at radius 2 is 1.90 bits per heavy atom. The van der Waals surface area contributed by atoms with E-state index in [0.717, 1.165) is 16.5 Å². The first-order chi connectivity index (χ1) is 14.8. The van der Waals surface area contributed by atoms with E-state index in [1.807, 2.05) is 19.1 Å². The van der Waals surface area contributed by atoms with Gasteiger partial charge in [0.05, 0.1) is 17.2 Å². The van der Waals surface area contributed by atoms with Crippen molar-refractivity contribution < 1.29 is 13.9 Å². The SMILES string of the molecule is Cc1cc2oc(=O)cc(COC(=O)Cn3cnc4ccccc4c3=O)c2cc1C(C)C. The molecule has 4 rings (SSSR count). The van der Waals surface area contributed by atoms with Crippen molar-refractivity contribution >= 4 is 27.8 Å². The fourth-order valence-corrected chi connectivity index (χ4v) is 3.69. The van der Waals surface area contributed by atoms with Gasteiger partial charge in [-0.15, -0.1) is 0 Å². The van der Waals surface area contributed by atoms with E-state index >= 15 is 0 Å². The number of rotatable bonds is 5. The van der Waals surface area contributed by atoms with Crippen LogP contribution < -0.4 is 11.2 Å². The van der Waals surface area contributed by atoms with Crippen LogP contribution in [0.2, 0.25) is 0 Å². The molecule has 0 bridgehead atoms. The van der Waals surface area contributed by atoms with Gasteiger partial charge in [0.2, 0.25) is 0 Å². The zero-order valence-electron chi connectivity index (χ0n) is 17.5. The predicted octanol–water partition coefficient (Wildman–Crippen LogP) is 3.68. The van der Waals surface area contributed by atoms with Gasteiger partial charge in [0.1, 0.15) is 18.7 Å². The van der Waals surface area contributed by atoms with Gasteiger partial charge in [0, 0.05) is 17.0 Å². The van der Waals surface area contributed by atoms with Crippen molar-refractivity contribution in [2.24, 2.45) is 0 Å². The van der Waals surface area contributed by atoms with Gasteiger partial charge in [0.25, 0.3) is 5.56 Å². The fraction of sp³-hybridized carbons (Fsp3) is 0.250. The Labute approximate surface area is 177 Å². The van der Waals surface area contributed by atoms with Crippen LogP contribution in [0.15, 0.2) is 62.8 Å². The van der Waals surface area contributed by atoms with Gasteiger partial charge in [-0.25, -0.2) is 9.78 Å². The number of esters is 1. The van der Waals surface area contributed by atoms with Gasteiger partial charge in [-0.05, 0) is 48.2 Å². The van der Waals surface area contributed by atoms with Crippen molar-refractivity contribution in [2.45, 2.75) is 39.8 Å². The average Bonchev–Trinajstić information content (AvgIpc) is 2.73. The molecule has 0 spiro atoms. The first-order valence-corrected chi connectivity index (χ1v) is 10.0. The molecular formula is C24H22N2O5. The zero-order chi connectivity index (χ0) is 22.1. The second-order valence-electron chi connectivity index (χ2n) is 7.81. The number of para-hydroxylation sites is 1. The van der Waals surface area contributed by atoms with Crippen LogP contribution in [-0.2, 0) is 22.7 Å². The maximum absolute atomic E-state index is 12.6. The van der Waals surface area contributed by atoms with Gasteiger partial charge in [0.15, 0.2) is 0 Å². The van der Waals surface area contributed by atoms with Crippen molar-refractivity contribution in [3.05, 3.63) is 86.3 Å². The lowest BCUT2D eigenvalue weighted by Gasteiger charge is -2.13. The smallest absolute Gasteiger partial charge is 0.336 e. The van der Waals surface area contributed by atoms with Gasteiger partial charge in [-0.3, -0.25) is 14.2 Å². The monoisotopic (exact) mass is 418 g/mol. The first kappa shape index (κ1) is 20.5. The number of aromatic nitrogens is 2. The number of benzene rings is 2. The molecule has 0 amide bonds. The highest BCUT2D eigenvalue weighted by Gasteiger charge is 2.14. The zero-order valence-corrected chi connectivity index (χ0v) is 17.5. The highest BCUT2D eigenvalue weighted by Crippen LogP contribution is 2.27. The molecule has 0 saturated heterocycles. The minimum atomic E-state index is -0.600. The van der Waals surface area contributed by atoms with E-state index in [9.17, 15) is 14.4 Å². The number of hydrogen-bond acceptors (Lipinski definition) is 6. The minimum Gasteiger partial charge on any atom is -0.459 e. The molecule has 7 nitrogen and oxygen atoms in total. The van der Waals surface area contributed by atoms with E-state index in [2.05, 4.69) is 18.8 Å². The van der Waals surface area contributed by atoms with Crippen LogP contribution in [0.3, 0.4) is 0 Å². The Kier molecular flexibility index (Phi) is 5.42. The Morgan fingerprint density at radius 1 is 1.13 bits per heavy atom. The van der Waals surface area contributed by atoms with Crippen molar-refractivity contribution in [3.8, 4) is 0 Å². The Hall–Kier alpha value is -3.74. The van der Waals surface area contributed by atoms with Crippen molar-refractivity contribution in [2.75, 3.05) is 0 Å². The molecule has 0 aliphatic rings. The Morgan fingerprint density at radius 3 is 2.68 bits per heavy atom. The third-order valence-corrected chi connectivity index (χ3v) is 5.26. The largest absolute Gasteiger partial charge is 0.459 e. The van der Waals surface area contributed by atoms with E-state index in [-0.39, 0.29) is 18.7 Å². The number of hydrogen-bond donors (Lipinski definition) is 0. The molecule has 0 saturated carbocycles. The molecule has 7 heteroatoms. The quantitative estimate of drug-likeness (QED) is 0.363. The summed E-state index contributed by atoms with van der Waals surface area (Å²) in [7, 11) is 0. The summed E-state index contributed by atoms with van der Waals surface area (Å²) in [6.45, 7) is 5.77. The number of carbonyl (C=O) groups is 1. The summed E-state index contributed by atoms with van der Waals surface area (Å²) in [4.78, 5) is 41.1. The predicted molar refractivity (Wildman–Crippen MR) is 117 cm³/mol. The molecule has 4 aromatic rings. The summed E-state index contributed by atoms with van der Waals surface area (Å²) in [6, 6.07) is 12.1. The van der Waals surface area contributed by atoms with Crippen LogP contribution in [0.1, 0.15) is 36.5 Å². The van der Waals surface area contributed by atoms with E-state index in [1.165, 1.54) is 17.0 Å². The lowest BCUT2D eigenvalue weighted by atomic mass is 9.95. The first-order valence-electron chi connectivity index (χ1n) is 10.0. The fourth-order valence-electron chi connectivity index (χ4n) is 3.69. The summed E-state index contributed by atoms with van der Waals surface area (Å²) in [5.74, 6) is -0.309. The van der Waals surface area contributed by atoms with E-state index in [1.54, 1.807) is 24.3 Å². The molecule has 158 valence electrons. The molecule has 0 unspecified atom stereocenters.